The Morgan fingerprint density at radius 1 is 1.29 bits per heavy atom. The van der Waals surface area contributed by atoms with Crippen molar-refractivity contribution in [3.8, 4) is 5.75 Å². The zero-order valence-corrected chi connectivity index (χ0v) is 16.9. The number of fused-ring (bicyclic) bond motifs is 1. The lowest BCUT2D eigenvalue weighted by Gasteiger charge is -2.09. The smallest absolute Gasteiger partial charge is 0.339 e. The van der Waals surface area contributed by atoms with Crippen molar-refractivity contribution in [2.24, 2.45) is 0 Å². The van der Waals surface area contributed by atoms with Crippen LogP contribution in [-0.2, 0) is 11.2 Å². The number of nitrogens with one attached hydrogen (secondary N) is 1. The molecule has 2 aromatic heterocycles. The molecule has 3 aromatic rings. The summed E-state index contributed by atoms with van der Waals surface area (Å²) in [5.74, 6) is 1.39. The number of carbonyl (C=O) groups excluding carboxylic acids is 1. The van der Waals surface area contributed by atoms with Crippen LogP contribution < -0.4 is 15.7 Å². The van der Waals surface area contributed by atoms with E-state index in [1.165, 1.54) is 0 Å². The fourth-order valence-corrected chi connectivity index (χ4v) is 3.53. The van der Waals surface area contributed by atoms with Crippen LogP contribution in [0.1, 0.15) is 24.5 Å². The first kappa shape index (κ1) is 19.9. The van der Waals surface area contributed by atoms with Gasteiger partial charge in [-0.1, -0.05) is 6.92 Å². The lowest BCUT2D eigenvalue weighted by atomic mass is 10.0. The summed E-state index contributed by atoms with van der Waals surface area (Å²) in [5.41, 5.74) is 2.03. The highest BCUT2D eigenvalue weighted by molar-refractivity contribution is 7.99. The number of aromatic nitrogens is 1. The van der Waals surface area contributed by atoms with Gasteiger partial charge in [-0.25, -0.2) is 9.78 Å². The second-order valence-corrected chi connectivity index (χ2v) is 7.51. The molecule has 0 saturated heterocycles. The minimum Gasteiger partial charge on any atom is -0.497 e. The number of pyridine rings is 1. The number of nitrogens with zero attached hydrogens (tertiary/aromatic N) is 1. The molecule has 3 rings (SSSR count). The summed E-state index contributed by atoms with van der Waals surface area (Å²) in [7, 11) is 1.56. The Hall–Kier alpha value is -2.80. The monoisotopic (exact) mass is 398 g/mol. The van der Waals surface area contributed by atoms with Crippen molar-refractivity contribution in [2.45, 2.75) is 31.7 Å². The molecule has 0 radical (unpaired) electrons. The number of methoxy groups -OCH3 is 1. The molecule has 0 aliphatic carbocycles. The third-order valence-corrected chi connectivity index (χ3v) is 5.23. The average Bonchev–Trinajstić information content (AvgIpc) is 2.69. The summed E-state index contributed by atoms with van der Waals surface area (Å²) in [4.78, 5) is 28.9. The van der Waals surface area contributed by atoms with Crippen LogP contribution in [0.2, 0.25) is 0 Å². The predicted molar refractivity (Wildman–Crippen MR) is 111 cm³/mol. The molecule has 0 unspecified atom stereocenters. The molecule has 2 heterocycles. The van der Waals surface area contributed by atoms with Gasteiger partial charge in [-0.2, -0.15) is 0 Å². The molecule has 1 N–H and O–H groups in total. The fourth-order valence-electron chi connectivity index (χ4n) is 2.94. The molecule has 146 valence electrons. The number of anilines is 1. The van der Waals surface area contributed by atoms with E-state index in [1.54, 1.807) is 31.1 Å². The normalized spacial score (nSPS) is 10.8. The van der Waals surface area contributed by atoms with Gasteiger partial charge in [0.15, 0.2) is 0 Å². The molecule has 0 atom stereocenters. The summed E-state index contributed by atoms with van der Waals surface area (Å²) >= 11 is 1.64. The number of hydrogen-bond donors (Lipinski definition) is 1. The first-order valence-electron chi connectivity index (χ1n) is 9.01. The average molecular weight is 398 g/mol. The van der Waals surface area contributed by atoms with Crippen LogP contribution in [0.3, 0.4) is 0 Å². The Balaban J connectivity index is 1.70. The van der Waals surface area contributed by atoms with Gasteiger partial charge in [0, 0.05) is 23.4 Å². The third-order valence-electron chi connectivity index (χ3n) is 4.41. The van der Waals surface area contributed by atoms with Gasteiger partial charge >= 0.3 is 5.63 Å². The van der Waals surface area contributed by atoms with E-state index >= 15 is 0 Å². The number of rotatable bonds is 7. The zero-order valence-electron chi connectivity index (χ0n) is 16.1. The van der Waals surface area contributed by atoms with Gasteiger partial charge in [0.25, 0.3) is 0 Å². The molecule has 6 nitrogen and oxygen atoms in total. The molecule has 1 amide bonds. The number of carbonyl (C=O) groups is 1. The maximum Gasteiger partial charge on any atom is 0.339 e. The molecule has 7 heteroatoms. The molecule has 0 aliphatic rings. The van der Waals surface area contributed by atoms with Crippen molar-refractivity contribution < 1.29 is 13.9 Å². The van der Waals surface area contributed by atoms with Crippen molar-refractivity contribution in [1.29, 1.82) is 0 Å². The van der Waals surface area contributed by atoms with Crippen LogP contribution in [0, 0.1) is 6.92 Å². The van der Waals surface area contributed by atoms with Crippen molar-refractivity contribution in [3.05, 3.63) is 58.1 Å². The van der Waals surface area contributed by atoms with Gasteiger partial charge < -0.3 is 14.5 Å². The van der Waals surface area contributed by atoms with Crippen molar-refractivity contribution in [2.75, 3.05) is 18.2 Å². The van der Waals surface area contributed by atoms with E-state index in [2.05, 4.69) is 17.2 Å². The van der Waals surface area contributed by atoms with Crippen LogP contribution >= 0.6 is 11.8 Å². The van der Waals surface area contributed by atoms with Gasteiger partial charge in [-0.15, -0.1) is 11.8 Å². The summed E-state index contributed by atoms with van der Waals surface area (Å²) in [6, 6.07) is 9.07. The van der Waals surface area contributed by atoms with Crippen LogP contribution in [0.15, 0.2) is 50.8 Å². The molecule has 0 aliphatic heterocycles. The Labute approximate surface area is 167 Å². The predicted octanol–water partition coefficient (Wildman–Crippen LogP) is 4.19. The second-order valence-electron chi connectivity index (χ2n) is 6.22. The van der Waals surface area contributed by atoms with Crippen LogP contribution in [0.5, 0.6) is 5.75 Å². The summed E-state index contributed by atoms with van der Waals surface area (Å²) in [5, 5.41) is 4.57. The topological polar surface area (TPSA) is 81.4 Å². The van der Waals surface area contributed by atoms with E-state index in [9.17, 15) is 9.59 Å². The van der Waals surface area contributed by atoms with E-state index < -0.39 is 5.63 Å². The number of benzene rings is 1. The maximum atomic E-state index is 12.4. The molecule has 0 fully saturated rings. The molecule has 1 aromatic carbocycles. The molecular formula is C21H22N2O4S. The van der Waals surface area contributed by atoms with Gasteiger partial charge in [-0.05, 0) is 48.9 Å². The minimum atomic E-state index is -0.423. The quantitative estimate of drug-likeness (QED) is 0.475. The Morgan fingerprint density at radius 3 is 2.79 bits per heavy atom. The standard InChI is InChI=1S/C21H22N2O4S/c1-4-28-20-10-5-14(12-22-20)23-19(24)9-8-17-13(2)16-7-6-15(26-3)11-18(16)27-21(17)25/h5-7,10-12H,4,8-9H2,1-3H3,(H,23,24). The third kappa shape index (κ3) is 4.54. The Morgan fingerprint density at radius 2 is 2.11 bits per heavy atom. The van der Waals surface area contributed by atoms with Crippen LogP contribution in [-0.4, -0.2) is 23.8 Å². The summed E-state index contributed by atoms with van der Waals surface area (Å²) in [6.45, 7) is 3.93. The highest BCUT2D eigenvalue weighted by atomic mass is 32.2. The lowest BCUT2D eigenvalue weighted by Crippen LogP contribution is -2.16. The van der Waals surface area contributed by atoms with E-state index in [4.69, 9.17) is 9.15 Å². The maximum absolute atomic E-state index is 12.4. The summed E-state index contributed by atoms with van der Waals surface area (Å²) < 4.78 is 10.6. The van der Waals surface area contributed by atoms with Crippen molar-refractivity contribution in [1.82, 2.24) is 4.98 Å². The number of hydrogen-bond acceptors (Lipinski definition) is 6. The Kier molecular flexibility index (Phi) is 6.36. The minimum absolute atomic E-state index is 0.175. The van der Waals surface area contributed by atoms with Gasteiger partial charge in [0.05, 0.1) is 24.0 Å². The van der Waals surface area contributed by atoms with E-state index in [-0.39, 0.29) is 12.3 Å². The first-order valence-corrected chi connectivity index (χ1v) is 9.99. The van der Waals surface area contributed by atoms with E-state index in [0.29, 0.717) is 29.0 Å². The highest BCUT2D eigenvalue weighted by Crippen LogP contribution is 2.24. The molecule has 0 bridgehead atoms. The number of amides is 1. The molecule has 0 spiro atoms. The van der Waals surface area contributed by atoms with Gasteiger partial charge in [0.2, 0.25) is 5.91 Å². The fraction of sp³-hybridized carbons (Fsp3) is 0.286. The SMILES string of the molecule is CCSc1ccc(NC(=O)CCc2c(C)c3ccc(OC)cc3oc2=O)cn1. The van der Waals surface area contributed by atoms with Crippen molar-refractivity contribution in [3.63, 3.8) is 0 Å². The molecule has 28 heavy (non-hydrogen) atoms. The highest BCUT2D eigenvalue weighted by Gasteiger charge is 2.14. The first-order chi connectivity index (χ1) is 13.5. The number of aryl methyl sites for hydroxylation is 1. The number of ether oxygens (including phenoxy) is 1. The lowest BCUT2D eigenvalue weighted by molar-refractivity contribution is -0.116. The largest absolute Gasteiger partial charge is 0.497 e. The van der Waals surface area contributed by atoms with Crippen LogP contribution in [0.25, 0.3) is 11.0 Å². The zero-order chi connectivity index (χ0) is 20.1. The van der Waals surface area contributed by atoms with Crippen molar-refractivity contribution >= 4 is 34.3 Å². The van der Waals surface area contributed by atoms with Crippen LogP contribution in [0.4, 0.5) is 5.69 Å². The Bertz CT molecular complexity index is 1040. The van der Waals surface area contributed by atoms with Gasteiger partial charge in [-0.3, -0.25) is 4.79 Å². The van der Waals surface area contributed by atoms with E-state index in [0.717, 1.165) is 21.7 Å². The number of thioether (sulfide) groups is 1. The molecule has 0 saturated carbocycles. The van der Waals surface area contributed by atoms with Gasteiger partial charge in [0.1, 0.15) is 11.3 Å². The van der Waals surface area contributed by atoms with E-state index in [1.807, 2.05) is 31.2 Å². The second kappa shape index (κ2) is 8.93. The molecular weight excluding hydrogens is 376 g/mol. The summed E-state index contributed by atoms with van der Waals surface area (Å²) in [6.07, 6.45) is 2.12.